The number of fused-ring (bicyclic) bond motifs is 3. The first-order valence-corrected chi connectivity index (χ1v) is 12.4. The number of esters is 1. The van der Waals surface area contributed by atoms with Gasteiger partial charge in [0.15, 0.2) is 0 Å². The zero-order valence-corrected chi connectivity index (χ0v) is 19.1. The predicted molar refractivity (Wildman–Crippen MR) is 121 cm³/mol. The van der Waals surface area contributed by atoms with Crippen LogP contribution in [0.25, 0.3) is 5.57 Å². The Kier molecular flexibility index (Phi) is 4.79. The fourth-order valence-electron chi connectivity index (χ4n) is 7.25. The highest BCUT2D eigenvalue weighted by atomic mass is 35.5. The lowest BCUT2D eigenvalue weighted by Crippen LogP contribution is -2.51. The minimum atomic E-state index is 0.0118. The van der Waals surface area contributed by atoms with Gasteiger partial charge in [0.1, 0.15) is 6.10 Å². The fraction of sp³-hybridized carbons (Fsp3) is 0.654. The van der Waals surface area contributed by atoms with Crippen LogP contribution in [0.2, 0.25) is 5.02 Å². The lowest BCUT2D eigenvalue weighted by atomic mass is 9.53. The van der Waals surface area contributed by atoms with Crippen LogP contribution in [-0.4, -0.2) is 48.8 Å². The number of hydrogen-bond acceptors (Lipinski definition) is 4. The van der Waals surface area contributed by atoms with Gasteiger partial charge in [0.2, 0.25) is 0 Å². The van der Waals surface area contributed by atoms with Crippen LogP contribution in [0.4, 0.5) is 0 Å². The van der Waals surface area contributed by atoms with Crippen LogP contribution in [0.3, 0.4) is 0 Å². The molecule has 2 saturated heterocycles. The summed E-state index contributed by atoms with van der Waals surface area (Å²) in [4.78, 5) is 15.3. The molecule has 6 atom stereocenters. The topological polar surface area (TPSA) is 42.1 Å². The Labute approximate surface area is 189 Å². The average Bonchev–Trinajstić information content (AvgIpc) is 3.46. The van der Waals surface area contributed by atoms with E-state index < -0.39 is 0 Å². The number of epoxide rings is 1. The van der Waals surface area contributed by atoms with Gasteiger partial charge in [-0.1, -0.05) is 36.7 Å². The third-order valence-corrected chi connectivity index (χ3v) is 9.29. The van der Waals surface area contributed by atoms with Crippen LogP contribution < -0.4 is 0 Å². The first kappa shape index (κ1) is 20.3. The molecule has 4 fully saturated rings. The quantitative estimate of drug-likeness (QED) is 0.491. The maximum Gasteiger partial charge on any atom is 0.310 e. The molecule has 5 heteroatoms. The van der Waals surface area contributed by atoms with E-state index in [2.05, 4.69) is 30.0 Å². The van der Waals surface area contributed by atoms with Crippen molar-refractivity contribution in [3.8, 4) is 0 Å². The van der Waals surface area contributed by atoms with Crippen LogP contribution >= 0.6 is 11.6 Å². The molecule has 1 spiro atoms. The zero-order valence-electron chi connectivity index (χ0n) is 18.3. The molecule has 1 aromatic rings. The smallest absolute Gasteiger partial charge is 0.310 e. The summed E-state index contributed by atoms with van der Waals surface area (Å²) >= 11 is 6.03. The van der Waals surface area contributed by atoms with Gasteiger partial charge in [-0.15, -0.1) is 0 Å². The molecule has 0 amide bonds. The van der Waals surface area contributed by atoms with E-state index in [1.54, 1.807) is 0 Å². The Morgan fingerprint density at radius 3 is 2.74 bits per heavy atom. The third kappa shape index (κ3) is 3.46. The SMILES string of the molecule is C[C@]12CCC[C@]3(CO3)[C@H]1C[C@@H]1[C@H](CN3CC=C(c4ccc(Cl)cc4)CC3)C(=O)O[C@@H]1C2. The van der Waals surface area contributed by atoms with Gasteiger partial charge < -0.3 is 9.47 Å². The van der Waals surface area contributed by atoms with Crippen molar-refractivity contribution in [3.63, 3.8) is 0 Å². The van der Waals surface area contributed by atoms with E-state index in [-0.39, 0.29) is 29.0 Å². The highest BCUT2D eigenvalue weighted by Gasteiger charge is 2.65. The number of carbonyl (C=O) groups is 1. The number of benzene rings is 1. The monoisotopic (exact) mass is 441 g/mol. The van der Waals surface area contributed by atoms with Crippen LogP contribution in [-0.2, 0) is 14.3 Å². The summed E-state index contributed by atoms with van der Waals surface area (Å²) < 4.78 is 12.0. The van der Waals surface area contributed by atoms with Gasteiger partial charge in [-0.05, 0) is 73.1 Å². The number of carbonyl (C=O) groups excluding carboxylic acids is 1. The number of hydrogen-bond donors (Lipinski definition) is 0. The van der Waals surface area contributed by atoms with E-state index in [4.69, 9.17) is 21.1 Å². The molecule has 4 nitrogen and oxygen atoms in total. The van der Waals surface area contributed by atoms with Crippen molar-refractivity contribution in [2.75, 3.05) is 26.2 Å². The molecule has 0 unspecified atom stereocenters. The Hall–Kier alpha value is -1.36. The van der Waals surface area contributed by atoms with Crippen molar-refractivity contribution in [1.82, 2.24) is 4.90 Å². The molecule has 0 aromatic heterocycles. The van der Waals surface area contributed by atoms with E-state index in [0.717, 1.165) is 50.5 Å². The van der Waals surface area contributed by atoms with Crippen molar-refractivity contribution in [1.29, 1.82) is 0 Å². The minimum Gasteiger partial charge on any atom is -0.462 e. The van der Waals surface area contributed by atoms with E-state index in [1.165, 1.54) is 30.4 Å². The first-order valence-electron chi connectivity index (χ1n) is 12.0. The average molecular weight is 442 g/mol. The molecule has 5 aliphatic rings. The zero-order chi connectivity index (χ0) is 21.2. The standard InChI is InChI=1S/C26H32ClNO3/c1-25-9-2-10-26(16-30-26)23(25)13-20-21(24(29)31-22(20)14-25)15-28-11-7-18(8-12-28)17-3-5-19(27)6-4-17/h3-7,20-23H,2,8-16H2,1H3/t20-,21+,22-,23+,25-,26+/m1/s1. The van der Waals surface area contributed by atoms with Crippen LogP contribution in [0, 0.1) is 23.2 Å². The normalized spacial score (nSPS) is 42.0. The minimum absolute atomic E-state index is 0.0118. The lowest BCUT2D eigenvalue weighted by Gasteiger charge is -2.51. The molecule has 2 saturated carbocycles. The molecule has 0 radical (unpaired) electrons. The van der Waals surface area contributed by atoms with Gasteiger partial charge in [-0.2, -0.15) is 0 Å². The molecule has 3 aliphatic heterocycles. The second-order valence-electron chi connectivity index (χ2n) is 10.8. The van der Waals surface area contributed by atoms with E-state index in [0.29, 0.717) is 11.8 Å². The highest BCUT2D eigenvalue weighted by Crippen LogP contribution is 2.62. The van der Waals surface area contributed by atoms with Crippen molar-refractivity contribution < 1.29 is 14.3 Å². The van der Waals surface area contributed by atoms with Crippen molar-refractivity contribution in [3.05, 3.63) is 40.9 Å². The lowest BCUT2D eigenvalue weighted by molar-refractivity contribution is -0.147. The van der Waals surface area contributed by atoms with Crippen LogP contribution in [0.15, 0.2) is 30.3 Å². The Morgan fingerprint density at radius 2 is 2.03 bits per heavy atom. The summed E-state index contributed by atoms with van der Waals surface area (Å²) in [6.45, 7) is 6.05. The number of ether oxygens (including phenoxy) is 2. The number of nitrogens with zero attached hydrogens (tertiary/aromatic N) is 1. The largest absolute Gasteiger partial charge is 0.462 e. The Morgan fingerprint density at radius 1 is 1.23 bits per heavy atom. The van der Waals surface area contributed by atoms with Crippen molar-refractivity contribution in [2.45, 2.75) is 57.2 Å². The van der Waals surface area contributed by atoms with Crippen LogP contribution in [0.1, 0.15) is 51.0 Å². The van der Waals surface area contributed by atoms with E-state index in [9.17, 15) is 4.79 Å². The summed E-state index contributed by atoms with van der Waals surface area (Å²) in [7, 11) is 0. The molecule has 0 bridgehead atoms. The van der Waals surface area contributed by atoms with Gasteiger partial charge in [-0.3, -0.25) is 9.69 Å². The van der Waals surface area contributed by atoms with Gasteiger partial charge in [0.25, 0.3) is 0 Å². The molecule has 1 aromatic carbocycles. The Balaban J connectivity index is 1.15. The predicted octanol–water partition coefficient (Wildman–Crippen LogP) is 4.96. The third-order valence-electron chi connectivity index (χ3n) is 9.04. The van der Waals surface area contributed by atoms with Gasteiger partial charge in [0.05, 0.1) is 18.1 Å². The molecular formula is C26H32ClNO3. The summed E-state index contributed by atoms with van der Waals surface area (Å²) in [5.74, 6) is 0.990. The number of rotatable bonds is 3. The molecule has 6 rings (SSSR count). The van der Waals surface area contributed by atoms with Gasteiger partial charge in [0, 0.05) is 30.6 Å². The van der Waals surface area contributed by atoms with Crippen molar-refractivity contribution in [2.24, 2.45) is 23.2 Å². The van der Waals surface area contributed by atoms with Crippen molar-refractivity contribution >= 4 is 23.1 Å². The second kappa shape index (κ2) is 7.33. The summed E-state index contributed by atoms with van der Waals surface area (Å²) in [6.07, 6.45) is 9.25. The number of halogens is 1. The van der Waals surface area contributed by atoms with Crippen LogP contribution in [0.5, 0.6) is 0 Å². The van der Waals surface area contributed by atoms with E-state index in [1.807, 2.05) is 12.1 Å². The first-order chi connectivity index (χ1) is 15.0. The van der Waals surface area contributed by atoms with Gasteiger partial charge in [-0.25, -0.2) is 0 Å². The molecule has 3 heterocycles. The van der Waals surface area contributed by atoms with E-state index >= 15 is 0 Å². The highest BCUT2D eigenvalue weighted by molar-refractivity contribution is 6.30. The summed E-state index contributed by atoms with van der Waals surface area (Å²) in [6, 6.07) is 8.11. The Bertz CT molecular complexity index is 908. The summed E-state index contributed by atoms with van der Waals surface area (Å²) in [5.41, 5.74) is 3.02. The molecule has 166 valence electrons. The van der Waals surface area contributed by atoms with Gasteiger partial charge >= 0.3 is 5.97 Å². The second-order valence-corrected chi connectivity index (χ2v) is 11.3. The molecule has 0 N–H and O–H groups in total. The molecule has 31 heavy (non-hydrogen) atoms. The maximum absolute atomic E-state index is 12.9. The fourth-order valence-corrected chi connectivity index (χ4v) is 7.37. The summed E-state index contributed by atoms with van der Waals surface area (Å²) in [5, 5.41) is 0.774. The maximum atomic E-state index is 12.9. The molecule has 2 aliphatic carbocycles. The molecular weight excluding hydrogens is 410 g/mol.